The monoisotopic (exact) mass is 464 g/mol. The van der Waals surface area contributed by atoms with Crippen LogP contribution in [0.4, 0.5) is 4.79 Å². The molecule has 2 N–H and O–H groups in total. The fourth-order valence-corrected chi connectivity index (χ4v) is 4.62. The van der Waals surface area contributed by atoms with Gasteiger partial charge in [0.2, 0.25) is 0 Å². The Hall–Kier alpha value is -3.04. The molecule has 0 bridgehead atoms. The van der Waals surface area contributed by atoms with Crippen molar-refractivity contribution in [2.24, 2.45) is 0 Å². The molecule has 1 aliphatic rings. The highest BCUT2D eigenvalue weighted by Gasteiger charge is 2.35. The van der Waals surface area contributed by atoms with Gasteiger partial charge in [0.15, 0.2) is 9.84 Å². The Morgan fingerprint density at radius 3 is 2.32 bits per heavy atom. The summed E-state index contributed by atoms with van der Waals surface area (Å²) in [6, 6.07) is 10.9. The lowest BCUT2D eigenvalue weighted by atomic mass is 9.95. The van der Waals surface area contributed by atoms with Crippen molar-refractivity contribution in [2.75, 3.05) is 19.5 Å². The van der Waals surface area contributed by atoms with Crippen LogP contribution in [-0.2, 0) is 19.4 Å². The van der Waals surface area contributed by atoms with Gasteiger partial charge in [-0.25, -0.2) is 18.0 Å². The number of carbonyl (C=O) groups is 2. The van der Waals surface area contributed by atoms with Crippen LogP contribution in [-0.4, -0.2) is 39.9 Å². The fourth-order valence-electron chi connectivity index (χ4n) is 3.17. The van der Waals surface area contributed by atoms with Crippen LogP contribution in [0.15, 0.2) is 64.7 Å². The minimum absolute atomic E-state index is 0.00352. The smallest absolute Gasteiger partial charge is 0.338 e. The van der Waals surface area contributed by atoms with E-state index in [1.165, 1.54) is 31.4 Å². The molecular formula is C21H21ClN2O6S. The van der Waals surface area contributed by atoms with Crippen LogP contribution in [0.3, 0.4) is 0 Å². The Balaban J connectivity index is 2.04. The van der Waals surface area contributed by atoms with Crippen molar-refractivity contribution in [3.05, 3.63) is 70.4 Å². The van der Waals surface area contributed by atoms with E-state index < -0.39 is 33.6 Å². The minimum Gasteiger partial charge on any atom is -0.494 e. The van der Waals surface area contributed by atoms with Crippen molar-refractivity contribution < 1.29 is 27.5 Å². The van der Waals surface area contributed by atoms with E-state index in [1.54, 1.807) is 24.3 Å². The molecule has 0 aliphatic carbocycles. The lowest BCUT2D eigenvalue weighted by Gasteiger charge is -2.29. The third-order valence-electron chi connectivity index (χ3n) is 4.59. The molecule has 0 saturated carbocycles. The van der Waals surface area contributed by atoms with E-state index in [2.05, 4.69) is 10.6 Å². The standard InChI is InChI=1S/C21H21ClN2O6S/c1-3-30-15-8-4-13(5-9-15)19-18(20(25)29-2)17(23-21(26)24-19)12-31(27,28)16-10-6-14(22)7-11-16/h4-11,19H,3,12H2,1-2H3,(H2,23,24,26)/t19-/m1/s1. The van der Waals surface area contributed by atoms with E-state index in [0.717, 1.165) is 0 Å². The van der Waals surface area contributed by atoms with E-state index in [4.69, 9.17) is 21.1 Å². The summed E-state index contributed by atoms with van der Waals surface area (Å²) in [4.78, 5) is 24.9. The first-order valence-electron chi connectivity index (χ1n) is 9.35. The van der Waals surface area contributed by atoms with Crippen molar-refractivity contribution in [1.82, 2.24) is 10.6 Å². The van der Waals surface area contributed by atoms with E-state index in [0.29, 0.717) is 22.9 Å². The number of hydrogen-bond acceptors (Lipinski definition) is 6. The van der Waals surface area contributed by atoms with Gasteiger partial charge in [-0.3, -0.25) is 0 Å². The normalized spacial score (nSPS) is 16.4. The van der Waals surface area contributed by atoms with E-state index >= 15 is 0 Å². The zero-order valence-electron chi connectivity index (χ0n) is 16.8. The van der Waals surface area contributed by atoms with Gasteiger partial charge in [0.1, 0.15) is 5.75 Å². The number of esters is 1. The van der Waals surface area contributed by atoms with Gasteiger partial charge in [-0.1, -0.05) is 23.7 Å². The van der Waals surface area contributed by atoms with Crippen molar-refractivity contribution in [3.8, 4) is 5.75 Å². The third kappa shape index (κ3) is 5.18. The van der Waals surface area contributed by atoms with E-state index in [1.807, 2.05) is 6.92 Å². The van der Waals surface area contributed by atoms with Crippen LogP contribution >= 0.6 is 11.6 Å². The molecule has 1 heterocycles. The summed E-state index contributed by atoms with van der Waals surface area (Å²) < 4.78 is 36.1. The molecule has 0 radical (unpaired) electrons. The van der Waals surface area contributed by atoms with Crippen molar-refractivity contribution in [1.29, 1.82) is 0 Å². The molecule has 2 amide bonds. The molecule has 0 saturated heterocycles. The minimum atomic E-state index is -3.88. The molecule has 1 atom stereocenters. The topological polar surface area (TPSA) is 111 Å². The summed E-state index contributed by atoms with van der Waals surface area (Å²) in [5.74, 6) is -0.728. The molecule has 0 fully saturated rings. The number of urea groups is 1. The number of nitrogens with one attached hydrogen (secondary N) is 2. The maximum Gasteiger partial charge on any atom is 0.338 e. The van der Waals surface area contributed by atoms with Crippen LogP contribution in [0.2, 0.25) is 5.02 Å². The summed E-state index contributed by atoms with van der Waals surface area (Å²) in [6.45, 7) is 2.34. The predicted molar refractivity (Wildman–Crippen MR) is 115 cm³/mol. The first-order valence-corrected chi connectivity index (χ1v) is 11.4. The van der Waals surface area contributed by atoms with Crippen LogP contribution in [0, 0.1) is 0 Å². The van der Waals surface area contributed by atoms with Gasteiger partial charge < -0.3 is 20.1 Å². The van der Waals surface area contributed by atoms with Crippen LogP contribution in [0.5, 0.6) is 5.75 Å². The number of sulfone groups is 1. The average Bonchev–Trinajstić information content (AvgIpc) is 2.73. The summed E-state index contributed by atoms with van der Waals surface area (Å²) in [5, 5.41) is 5.49. The zero-order valence-corrected chi connectivity index (χ0v) is 18.4. The molecule has 0 aromatic heterocycles. The number of amides is 2. The summed E-state index contributed by atoms with van der Waals surface area (Å²) in [6.07, 6.45) is 0. The highest BCUT2D eigenvalue weighted by Crippen LogP contribution is 2.30. The number of ether oxygens (including phenoxy) is 2. The summed E-state index contributed by atoms with van der Waals surface area (Å²) in [7, 11) is -2.69. The number of methoxy groups -OCH3 is 1. The van der Waals surface area contributed by atoms with Gasteiger partial charge in [0, 0.05) is 10.7 Å². The highest BCUT2D eigenvalue weighted by molar-refractivity contribution is 7.91. The van der Waals surface area contributed by atoms with Gasteiger partial charge in [-0.15, -0.1) is 0 Å². The molecule has 2 aromatic carbocycles. The number of carbonyl (C=O) groups excluding carboxylic acids is 2. The molecule has 10 heteroatoms. The second-order valence-electron chi connectivity index (χ2n) is 6.63. The van der Waals surface area contributed by atoms with Gasteiger partial charge in [0.25, 0.3) is 0 Å². The first kappa shape index (κ1) is 22.6. The average molecular weight is 465 g/mol. The molecule has 3 rings (SSSR count). The van der Waals surface area contributed by atoms with Gasteiger partial charge in [0.05, 0.1) is 36.0 Å². The quantitative estimate of drug-likeness (QED) is 0.609. The van der Waals surface area contributed by atoms with Gasteiger partial charge in [-0.2, -0.15) is 0 Å². The Bertz CT molecular complexity index is 1110. The summed E-state index contributed by atoms with van der Waals surface area (Å²) in [5.41, 5.74) is 0.522. The molecule has 0 unspecified atom stereocenters. The molecule has 164 valence electrons. The Labute approximate surface area is 185 Å². The fraction of sp³-hybridized carbons (Fsp3) is 0.238. The number of rotatable bonds is 7. The molecule has 0 spiro atoms. The maximum atomic E-state index is 12.9. The Kier molecular flexibility index (Phi) is 6.87. The third-order valence-corrected chi connectivity index (χ3v) is 6.50. The Morgan fingerprint density at radius 2 is 1.74 bits per heavy atom. The Morgan fingerprint density at radius 1 is 1.10 bits per heavy atom. The summed E-state index contributed by atoms with van der Waals surface area (Å²) >= 11 is 5.83. The van der Waals surface area contributed by atoms with Crippen molar-refractivity contribution >= 4 is 33.4 Å². The predicted octanol–water partition coefficient (Wildman–Crippen LogP) is 2.99. The first-order chi connectivity index (χ1) is 14.7. The maximum absolute atomic E-state index is 12.9. The number of hydrogen-bond donors (Lipinski definition) is 2. The molecule has 1 aliphatic heterocycles. The van der Waals surface area contributed by atoms with E-state index in [-0.39, 0.29) is 16.2 Å². The van der Waals surface area contributed by atoms with Gasteiger partial charge in [-0.05, 0) is 48.9 Å². The highest BCUT2D eigenvalue weighted by atomic mass is 35.5. The molecule has 31 heavy (non-hydrogen) atoms. The lowest BCUT2D eigenvalue weighted by Crippen LogP contribution is -2.47. The zero-order chi connectivity index (χ0) is 22.6. The number of halogens is 1. The van der Waals surface area contributed by atoms with Crippen LogP contribution < -0.4 is 15.4 Å². The van der Waals surface area contributed by atoms with Crippen LogP contribution in [0.25, 0.3) is 0 Å². The molecule has 8 nitrogen and oxygen atoms in total. The van der Waals surface area contributed by atoms with Crippen LogP contribution in [0.1, 0.15) is 18.5 Å². The largest absolute Gasteiger partial charge is 0.494 e. The van der Waals surface area contributed by atoms with Crippen molar-refractivity contribution in [2.45, 2.75) is 17.9 Å². The second-order valence-corrected chi connectivity index (χ2v) is 9.06. The SMILES string of the molecule is CCOc1ccc([C@H]2NC(=O)NC(CS(=O)(=O)c3ccc(Cl)cc3)=C2C(=O)OC)cc1. The van der Waals surface area contributed by atoms with Gasteiger partial charge >= 0.3 is 12.0 Å². The lowest BCUT2D eigenvalue weighted by molar-refractivity contribution is -0.136. The van der Waals surface area contributed by atoms with E-state index in [9.17, 15) is 18.0 Å². The number of benzene rings is 2. The second kappa shape index (κ2) is 9.40. The molecule has 2 aromatic rings. The van der Waals surface area contributed by atoms with Crippen molar-refractivity contribution in [3.63, 3.8) is 0 Å². The molecular weight excluding hydrogens is 444 g/mol.